The third kappa shape index (κ3) is 3.67. The Labute approximate surface area is 198 Å². The summed E-state index contributed by atoms with van der Waals surface area (Å²) < 4.78 is 11.1. The van der Waals surface area contributed by atoms with Gasteiger partial charge in [0.05, 0.1) is 18.2 Å². The molecule has 7 heteroatoms. The molecular weight excluding hydrogens is 432 g/mol. The molecule has 3 heterocycles. The molecule has 1 fully saturated rings. The van der Waals surface area contributed by atoms with Gasteiger partial charge in [-0.1, -0.05) is 12.1 Å². The van der Waals surface area contributed by atoms with Gasteiger partial charge in [-0.2, -0.15) is 0 Å². The predicted molar refractivity (Wildman–Crippen MR) is 128 cm³/mol. The van der Waals surface area contributed by atoms with Crippen LogP contribution in [0.5, 0.6) is 0 Å². The Bertz CT molecular complexity index is 1260. The molecule has 1 saturated heterocycles. The van der Waals surface area contributed by atoms with Crippen LogP contribution in [-0.2, 0) is 14.3 Å². The number of nitrogens with zero attached hydrogens (tertiary/aromatic N) is 1. The number of esters is 1. The molecule has 3 aliphatic heterocycles. The topological polar surface area (TPSA) is 84.9 Å². The van der Waals surface area contributed by atoms with E-state index in [4.69, 9.17) is 9.47 Å². The largest absolute Gasteiger partial charge is 0.482 e. The van der Waals surface area contributed by atoms with Gasteiger partial charge >= 0.3 is 5.97 Å². The fraction of sp³-hybridized carbons (Fsp3) is 0.296. The second-order valence-corrected chi connectivity index (χ2v) is 9.19. The molecule has 0 saturated carbocycles. The number of hydrogen-bond donors (Lipinski definition) is 1. The van der Waals surface area contributed by atoms with Crippen LogP contribution in [0.4, 0.5) is 5.69 Å². The van der Waals surface area contributed by atoms with E-state index in [-0.39, 0.29) is 11.8 Å². The molecule has 0 unspecified atom stereocenters. The Morgan fingerprint density at radius 3 is 2.38 bits per heavy atom. The summed E-state index contributed by atoms with van der Waals surface area (Å²) in [6.07, 6.45) is 3.97. The van der Waals surface area contributed by atoms with Crippen LogP contribution in [0.1, 0.15) is 58.5 Å². The Balaban J connectivity index is 1.51. The molecule has 2 aromatic rings. The van der Waals surface area contributed by atoms with Crippen molar-refractivity contribution < 1.29 is 23.9 Å². The number of anilines is 1. The maximum Gasteiger partial charge on any atom is 0.337 e. The molecule has 0 spiro atoms. The summed E-state index contributed by atoms with van der Waals surface area (Å²) in [5.74, 6) is -0.260. The average Bonchev–Trinajstić information content (AvgIpc) is 3.54. The lowest BCUT2D eigenvalue weighted by atomic mass is 9.91. The van der Waals surface area contributed by atoms with Gasteiger partial charge in [0, 0.05) is 35.5 Å². The second kappa shape index (κ2) is 8.17. The van der Waals surface area contributed by atoms with Crippen molar-refractivity contribution in [2.24, 2.45) is 0 Å². The van der Waals surface area contributed by atoms with Crippen LogP contribution in [0, 0.1) is 0 Å². The van der Waals surface area contributed by atoms with E-state index in [0.717, 1.165) is 37.1 Å². The van der Waals surface area contributed by atoms with E-state index in [1.807, 2.05) is 49.1 Å². The number of hydrogen-bond acceptors (Lipinski definition) is 5. The lowest BCUT2D eigenvalue weighted by Crippen LogP contribution is -2.27. The lowest BCUT2D eigenvalue weighted by molar-refractivity contribution is -0.111. The van der Waals surface area contributed by atoms with Gasteiger partial charge in [-0.3, -0.25) is 9.59 Å². The summed E-state index contributed by atoms with van der Waals surface area (Å²) in [5, 5.41) is 2.84. The third-order valence-electron chi connectivity index (χ3n) is 6.56. The SMILES string of the molecule is COC(=O)c1ccc2c(c1)/C(=C1/C=C(c3ccc(C(=O)N4CCCC4)cc3)C(C)(C)O1)C(=O)N2. The standard InChI is InChI=1S/C27H26N2O5/c1-27(2)20(16-6-8-17(9-7-16)25(31)29-12-4-5-13-29)15-22(34-27)23-19-14-18(26(32)33-3)10-11-21(19)28-24(23)30/h6-11,14-15H,4-5,12-13H2,1-3H3,(H,28,30)/b23-22+. The number of nitrogens with one attached hydrogen (secondary N) is 1. The first-order valence-corrected chi connectivity index (χ1v) is 11.4. The first kappa shape index (κ1) is 21.9. The Kier molecular flexibility index (Phi) is 5.27. The molecule has 2 amide bonds. The maximum absolute atomic E-state index is 12.8. The fourth-order valence-corrected chi connectivity index (χ4v) is 4.77. The van der Waals surface area contributed by atoms with Gasteiger partial charge in [-0.05, 0) is 68.7 Å². The minimum absolute atomic E-state index is 0.0587. The molecule has 7 nitrogen and oxygen atoms in total. The van der Waals surface area contributed by atoms with Crippen molar-refractivity contribution in [1.82, 2.24) is 4.90 Å². The van der Waals surface area contributed by atoms with Gasteiger partial charge in [0.2, 0.25) is 0 Å². The Morgan fingerprint density at radius 1 is 1.03 bits per heavy atom. The van der Waals surface area contributed by atoms with Crippen LogP contribution in [-0.4, -0.2) is 48.5 Å². The molecule has 2 aromatic carbocycles. The minimum Gasteiger partial charge on any atom is -0.482 e. The van der Waals surface area contributed by atoms with Crippen molar-refractivity contribution in [2.45, 2.75) is 32.3 Å². The number of carbonyl (C=O) groups is 3. The normalized spacial score (nSPS) is 20.5. The van der Waals surface area contributed by atoms with Crippen LogP contribution < -0.4 is 5.32 Å². The quantitative estimate of drug-likeness (QED) is 0.549. The second-order valence-electron chi connectivity index (χ2n) is 9.19. The molecular formula is C27H26N2O5. The highest BCUT2D eigenvalue weighted by Gasteiger charge is 2.38. The number of rotatable bonds is 3. The molecule has 174 valence electrons. The first-order chi connectivity index (χ1) is 16.3. The molecule has 3 aliphatic rings. The van der Waals surface area contributed by atoms with Crippen molar-refractivity contribution >= 4 is 34.6 Å². The van der Waals surface area contributed by atoms with Crippen molar-refractivity contribution in [1.29, 1.82) is 0 Å². The summed E-state index contributed by atoms with van der Waals surface area (Å²) in [6, 6.07) is 12.5. The highest BCUT2D eigenvalue weighted by atomic mass is 16.5. The number of methoxy groups -OCH3 is 1. The zero-order chi connectivity index (χ0) is 24.0. The number of fused-ring (bicyclic) bond motifs is 1. The number of carbonyl (C=O) groups excluding carboxylic acids is 3. The third-order valence-corrected chi connectivity index (χ3v) is 6.56. The van der Waals surface area contributed by atoms with Gasteiger partial charge in [0.1, 0.15) is 11.4 Å². The monoisotopic (exact) mass is 458 g/mol. The smallest absolute Gasteiger partial charge is 0.337 e. The summed E-state index contributed by atoms with van der Waals surface area (Å²) in [6.45, 7) is 5.50. The zero-order valence-electron chi connectivity index (χ0n) is 19.4. The number of amides is 2. The number of allylic oxidation sites excluding steroid dienone is 1. The van der Waals surface area contributed by atoms with Crippen molar-refractivity contribution in [3.63, 3.8) is 0 Å². The maximum atomic E-state index is 12.8. The van der Waals surface area contributed by atoms with Crippen LogP contribution in [0.15, 0.2) is 54.3 Å². The van der Waals surface area contributed by atoms with Crippen molar-refractivity contribution in [2.75, 3.05) is 25.5 Å². The van der Waals surface area contributed by atoms with Crippen molar-refractivity contribution in [3.8, 4) is 0 Å². The molecule has 0 radical (unpaired) electrons. The van der Waals surface area contributed by atoms with Crippen LogP contribution >= 0.6 is 0 Å². The fourth-order valence-electron chi connectivity index (χ4n) is 4.77. The zero-order valence-corrected chi connectivity index (χ0v) is 19.4. The molecule has 5 rings (SSSR count). The highest BCUT2D eigenvalue weighted by molar-refractivity contribution is 6.32. The Hall–Kier alpha value is -3.87. The Morgan fingerprint density at radius 2 is 1.71 bits per heavy atom. The minimum atomic E-state index is -0.689. The predicted octanol–water partition coefficient (Wildman–Crippen LogP) is 4.26. The first-order valence-electron chi connectivity index (χ1n) is 11.4. The van der Waals surface area contributed by atoms with Gasteiger partial charge in [0.25, 0.3) is 11.8 Å². The van der Waals surface area contributed by atoms with Gasteiger partial charge in [-0.25, -0.2) is 4.79 Å². The van der Waals surface area contributed by atoms with E-state index in [9.17, 15) is 14.4 Å². The molecule has 1 N–H and O–H groups in total. The average molecular weight is 459 g/mol. The molecule has 0 aromatic heterocycles. The summed E-state index contributed by atoms with van der Waals surface area (Å²) in [7, 11) is 1.32. The van der Waals surface area contributed by atoms with Gasteiger partial charge < -0.3 is 19.7 Å². The molecule has 0 atom stereocenters. The van der Waals surface area contributed by atoms with Gasteiger partial charge in [0.15, 0.2) is 0 Å². The van der Waals surface area contributed by atoms with E-state index in [1.165, 1.54) is 7.11 Å². The number of ether oxygens (including phenoxy) is 2. The summed E-state index contributed by atoms with van der Waals surface area (Å²) in [5.41, 5.74) is 3.75. The van der Waals surface area contributed by atoms with E-state index in [1.54, 1.807) is 18.2 Å². The van der Waals surface area contributed by atoms with Crippen LogP contribution in [0.25, 0.3) is 11.1 Å². The number of benzene rings is 2. The van der Waals surface area contributed by atoms with E-state index in [0.29, 0.717) is 33.7 Å². The summed E-state index contributed by atoms with van der Waals surface area (Å²) >= 11 is 0. The lowest BCUT2D eigenvalue weighted by Gasteiger charge is -2.23. The molecule has 0 aliphatic carbocycles. The van der Waals surface area contributed by atoms with Crippen LogP contribution in [0.3, 0.4) is 0 Å². The van der Waals surface area contributed by atoms with E-state index in [2.05, 4.69) is 5.32 Å². The molecule has 0 bridgehead atoms. The van der Waals surface area contributed by atoms with Crippen LogP contribution in [0.2, 0.25) is 0 Å². The van der Waals surface area contributed by atoms with Gasteiger partial charge in [-0.15, -0.1) is 0 Å². The summed E-state index contributed by atoms with van der Waals surface area (Å²) in [4.78, 5) is 39.4. The molecule has 34 heavy (non-hydrogen) atoms. The number of likely N-dealkylation sites (tertiary alicyclic amines) is 1. The van der Waals surface area contributed by atoms with E-state index < -0.39 is 11.6 Å². The van der Waals surface area contributed by atoms with Crippen molar-refractivity contribution in [3.05, 3.63) is 76.6 Å². The van der Waals surface area contributed by atoms with E-state index >= 15 is 0 Å². The highest BCUT2D eigenvalue weighted by Crippen LogP contribution is 2.44.